The number of methoxy groups -OCH3 is 1. The monoisotopic (exact) mass is 416 g/mol. The van der Waals surface area contributed by atoms with Gasteiger partial charge in [-0.05, 0) is 74.0 Å². The average molecular weight is 416 g/mol. The Morgan fingerprint density at radius 3 is 2.61 bits per heavy atom. The van der Waals surface area contributed by atoms with Gasteiger partial charge < -0.3 is 19.2 Å². The van der Waals surface area contributed by atoms with Gasteiger partial charge >= 0.3 is 0 Å². The molecule has 0 aliphatic rings. The number of fused-ring (bicyclic) bond motifs is 1. The van der Waals surface area contributed by atoms with Gasteiger partial charge in [-0.15, -0.1) is 0 Å². The van der Waals surface area contributed by atoms with Crippen molar-refractivity contribution in [1.82, 2.24) is 4.98 Å². The standard InChI is InChI=1S/C25H24N2O4/c1-4-16(2)30-20-11-8-17(9-12-20)24(28)26-19-10-13-23-22(15-19)27-25(31-23)18-6-5-7-21(14-18)29-3/h5-16H,4H2,1-3H3,(H,26,28)/t16-/m1/s1. The van der Waals surface area contributed by atoms with Gasteiger partial charge in [0.25, 0.3) is 5.91 Å². The molecule has 1 atom stereocenters. The molecule has 0 aliphatic carbocycles. The molecule has 0 radical (unpaired) electrons. The van der Waals surface area contributed by atoms with Gasteiger partial charge in [0, 0.05) is 16.8 Å². The van der Waals surface area contributed by atoms with Crippen molar-refractivity contribution in [2.24, 2.45) is 0 Å². The first-order chi connectivity index (χ1) is 15.1. The van der Waals surface area contributed by atoms with Crippen LogP contribution in [0.3, 0.4) is 0 Å². The van der Waals surface area contributed by atoms with E-state index in [-0.39, 0.29) is 12.0 Å². The molecular formula is C25H24N2O4. The molecule has 158 valence electrons. The van der Waals surface area contributed by atoms with Gasteiger partial charge in [-0.1, -0.05) is 13.0 Å². The second kappa shape index (κ2) is 8.92. The number of aromatic nitrogens is 1. The van der Waals surface area contributed by atoms with E-state index < -0.39 is 0 Å². The molecular weight excluding hydrogens is 392 g/mol. The smallest absolute Gasteiger partial charge is 0.255 e. The number of anilines is 1. The van der Waals surface area contributed by atoms with Gasteiger partial charge in [0.2, 0.25) is 5.89 Å². The quantitative estimate of drug-likeness (QED) is 0.404. The van der Waals surface area contributed by atoms with Crippen molar-refractivity contribution in [3.63, 3.8) is 0 Å². The van der Waals surface area contributed by atoms with E-state index in [1.54, 1.807) is 37.4 Å². The number of amides is 1. The van der Waals surface area contributed by atoms with Crippen LogP contribution in [0.5, 0.6) is 11.5 Å². The van der Waals surface area contributed by atoms with Gasteiger partial charge in [-0.3, -0.25) is 4.79 Å². The highest BCUT2D eigenvalue weighted by Gasteiger charge is 2.12. The van der Waals surface area contributed by atoms with Crippen molar-refractivity contribution in [3.8, 4) is 23.0 Å². The highest BCUT2D eigenvalue weighted by Crippen LogP contribution is 2.28. The number of benzene rings is 3. The van der Waals surface area contributed by atoms with Gasteiger partial charge in [0.05, 0.1) is 13.2 Å². The molecule has 1 aromatic heterocycles. The van der Waals surface area contributed by atoms with Crippen molar-refractivity contribution in [2.75, 3.05) is 12.4 Å². The summed E-state index contributed by atoms with van der Waals surface area (Å²) in [6.45, 7) is 4.08. The predicted molar refractivity (Wildman–Crippen MR) is 121 cm³/mol. The summed E-state index contributed by atoms with van der Waals surface area (Å²) in [5, 5.41) is 2.91. The van der Waals surface area contributed by atoms with Crippen LogP contribution in [0.1, 0.15) is 30.6 Å². The molecule has 0 saturated carbocycles. The lowest BCUT2D eigenvalue weighted by atomic mass is 10.2. The van der Waals surface area contributed by atoms with Crippen molar-refractivity contribution < 1.29 is 18.7 Å². The van der Waals surface area contributed by atoms with Crippen molar-refractivity contribution in [2.45, 2.75) is 26.4 Å². The van der Waals surface area contributed by atoms with Gasteiger partial charge in [0.15, 0.2) is 5.58 Å². The van der Waals surface area contributed by atoms with Crippen LogP contribution in [0, 0.1) is 0 Å². The fourth-order valence-electron chi connectivity index (χ4n) is 3.09. The maximum Gasteiger partial charge on any atom is 0.255 e. The van der Waals surface area contributed by atoms with Gasteiger partial charge in [-0.2, -0.15) is 0 Å². The van der Waals surface area contributed by atoms with E-state index in [9.17, 15) is 4.79 Å². The summed E-state index contributed by atoms with van der Waals surface area (Å²) in [7, 11) is 1.62. The second-order valence-corrected chi connectivity index (χ2v) is 7.25. The largest absolute Gasteiger partial charge is 0.497 e. The fourth-order valence-corrected chi connectivity index (χ4v) is 3.09. The molecule has 0 aliphatic heterocycles. The molecule has 4 rings (SSSR count). The van der Waals surface area contributed by atoms with Crippen LogP contribution in [-0.4, -0.2) is 24.1 Å². The molecule has 1 amide bonds. The Morgan fingerprint density at radius 1 is 1.06 bits per heavy atom. The summed E-state index contributed by atoms with van der Waals surface area (Å²) < 4.78 is 16.9. The molecule has 1 N–H and O–H groups in total. The molecule has 0 saturated heterocycles. The number of hydrogen-bond donors (Lipinski definition) is 1. The molecule has 0 fully saturated rings. The molecule has 0 unspecified atom stereocenters. The number of oxazole rings is 1. The average Bonchev–Trinajstić information content (AvgIpc) is 3.23. The molecule has 6 nitrogen and oxygen atoms in total. The third-order valence-corrected chi connectivity index (χ3v) is 4.99. The van der Waals surface area contributed by atoms with E-state index in [2.05, 4.69) is 17.2 Å². The Kier molecular flexibility index (Phi) is 5.89. The Bertz CT molecular complexity index is 1200. The normalized spacial score (nSPS) is 11.8. The summed E-state index contributed by atoms with van der Waals surface area (Å²) in [5.41, 5.74) is 3.31. The Labute approximate surface area is 180 Å². The van der Waals surface area contributed by atoms with Gasteiger partial charge in [-0.25, -0.2) is 4.98 Å². The van der Waals surface area contributed by atoms with E-state index in [4.69, 9.17) is 13.9 Å². The molecule has 6 heteroatoms. The topological polar surface area (TPSA) is 73.6 Å². The lowest BCUT2D eigenvalue weighted by Crippen LogP contribution is -2.12. The molecule has 4 aromatic rings. The van der Waals surface area contributed by atoms with Crippen LogP contribution >= 0.6 is 0 Å². The molecule has 1 heterocycles. The minimum Gasteiger partial charge on any atom is -0.497 e. The summed E-state index contributed by atoms with van der Waals surface area (Å²) in [6.07, 6.45) is 1.06. The number of carbonyl (C=O) groups is 1. The van der Waals surface area contributed by atoms with Crippen LogP contribution in [-0.2, 0) is 0 Å². The zero-order valence-corrected chi connectivity index (χ0v) is 17.7. The van der Waals surface area contributed by atoms with Crippen LogP contribution in [0.2, 0.25) is 0 Å². The summed E-state index contributed by atoms with van der Waals surface area (Å²) >= 11 is 0. The van der Waals surface area contributed by atoms with Crippen LogP contribution in [0.15, 0.2) is 71.1 Å². The zero-order chi connectivity index (χ0) is 21.8. The predicted octanol–water partition coefficient (Wildman–Crippen LogP) is 5.93. The Morgan fingerprint density at radius 2 is 1.87 bits per heavy atom. The van der Waals surface area contributed by atoms with Crippen LogP contribution in [0.4, 0.5) is 5.69 Å². The van der Waals surface area contributed by atoms with Crippen LogP contribution < -0.4 is 14.8 Å². The van der Waals surface area contributed by atoms with E-state index in [0.29, 0.717) is 28.2 Å². The van der Waals surface area contributed by atoms with Crippen molar-refractivity contribution >= 4 is 22.7 Å². The number of rotatable bonds is 7. The summed E-state index contributed by atoms with van der Waals surface area (Å²) in [6, 6.07) is 20.0. The molecule has 0 spiro atoms. The third-order valence-electron chi connectivity index (χ3n) is 4.99. The molecule has 31 heavy (non-hydrogen) atoms. The van der Waals surface area contributed by atoms with E-state index >= 15 is 0 Å². The highest BCUT2D eigenvalue weighted by molar-refractivity contribution is 6.05. The first-order valence-electron chi connectivity index (χ1n) is 10.2. The van der Waals surface area contributed by atoms with Crippen molar-refractivity contribution in [1.29, 1.82) is 0 Å². The van der Waals surface area contributed by atoms with E-state index in [1.165, 1.54) is 0 Å². The third kappa shape index (κ3) is 4.69. The number of nitrogens with one attached hydrogen (secondary N) is 1. The minimum absolute atomic E-state index is 0.135. The fraction of sp³-hybridized carbons (Fsp3) is 0.200. The Hall–Kier alpha value is -3.80. The van der Waals surface area contributed by atoms with Crippen molar-refractivity contribution in [3.05, 3.63) is 72.3 Å². The SMILES string of the molecule is CC[C@@H](C)Oc1ccc(C(=O)Nc2ccc3oc(-c4cccc(OC)c4)nc3c2)cc1. The second-order valence-electron chi connectivity index (χ2n) is 7.25. The summed E-state index contributed by atoms with van der Waals surface area (Å²) in [5.74, 6) is 1.77. The lowest BCUT2D eigenvalue weighted by Gasteiger charge is -2.12. The van der Waals surface area contributed by atoms with Gasteiger partial charge in [0.1, 0.15) is 17.0 Å². The number of ether oxygens (including phenoxy) is 2. The Balaban J connectivity index is 1.50. The first kappa shape index (κ1) is 20.5. The highest BCUT2D eigenvalue weighted by atomic mass is 16.5. The number of carbonyl (C=O) groups excluding carboxylic acids is 1. The molecule has 0 bridgehead atoms. The maximum absolute atomic E-state index is 12.6. The first-order valence-corrected chi connectivity index (χ1v) is 10.2. The number of hydrogen-bond acceptors (Lipinski definition) is 5. The van der Waals surface area contributed by atoms with E-state index in [1.807, 2.05) is 43.3 Å². The van der Waals surface area contributed by atoms with Crippen LogP contribution in [0.25, 0.3) is 22.6 Å². The lowest BCUT2D eigenvalue weighted by molar-refractivity contribution is 0.102. The maximum atomic E-state index is 12.6. The minimum atomic E-state index is -0.203. The zero-order valence-electron chi connectivity index (χ0n) is 17.7. The summed E-state index contributed by atoms with van der Waals surface area (Å²) in [4.78, 5) is 17.2. The number of nitrogens with zero attached hydrogens (tertiary/aromatic N) is 1. The van der Waals surface area contributed by atoms with E-state index in [0.717, 1.165) is 23.5 Å². The molecule has 3 aromatic carbocycles.